The van der Waals surface area contributed by atoms with Crippen LogP contribution in [0.15, 0.2) is 48.5 Å². The molecule has 2 aliphatic heterocycles. The van der Waals surface area contributed by atoms with Crippen molar-refractivity contribution in [2.75, 3.05) is 68.5 Å². The number of hydrogen-bond acceptors (Lipinski definition) is 4. The van der Waals surface area contributed by atoms with E-state index in [2.05, 4.69) is 42.3 Å². The maximum absolute atomic E-state index is 13.7. The van der Waals surface area contributed by atoms with Crippen LogP contribution in [0.4, 0.5) is 0 Å². The van der Waals surface area contributed by atoms with Gasteiger partial charge in [-0.25, -0.2) is 0 Å². The maximum Gasteiger partial charge on any atom is 0.261 e. The van der Waals surface area contributed by atoms with E-state index in [1.165, 1.54) is 9.80 Å². The Morgan fingerprint density at radius 1 is 0.435 bits per heavy atom. The first-order valence-electron chi connectivity index (χ1n) is 15.3. The number of fused-ring (bicyclic) bond motifs is 2. The van der Waals surface area contributed by atoms with E-state index in [-0.39, 0.29) is 71.6 Å². The third kappa shape index (κ3) is 5.34. The van der Waals surface area contributed by atoms with Gasteiger partial charge in [-0.3, -0.25) is 29.0 Å². The van der Waals surface area contributed by atoms with E-state index in [1.54, 1.807) is 0 Å². The highest BCUT2D eigenvalue weighted by Crippen LogP contribution is 2.46. The summed E-state index contributed by atoms with van der Waals surface area (Å²) in [5, 5.41) is 6.74. The molecule has 10 heteroatoms. The van der Waals surface area contributed by atoms with Gasteiger partial charge in [-0.2, -0.15) is 0 Å². The van der Waals surface area contributed by atoms with E-state index in [0.29, 0.717) is 46.1 Å². The van der Waals surface area contributed by atoms with Crippen LogP contribution in [0.3, 0.4) is 0 Å². The fourth-order valence-electron chi connectivity index (χ4n) is 7.18. The number of quaternary nitrogens is 2. The lowest BCUT2D eigenvalue weighted by Gasteiger charge is -2.31. The fourth-order valence-corrected chi connectivity index (χ4v) is 7.18. The van der Waals surface area contributed by atoms with Crippen LogP contribution < -0.4 is 48.0 Å². The van der Waals surface area contributed by atoms with Crippen molar-refractivity contribution in [2.45, 2.75) is 12.8 Å². The largest absolute Gasteiger partial charge is 1.00 e. The second-order valence-corrected chi connectivity index (χ2v) is 14.4. The third-order valence-electron chi connectivity index (χ3n) is 9.23. The first-order chi connectivity index (χ1) is 20.8. The van der Waals surface area contributed by atoms with Gasteiger partial charge in [0.15, 0.2) is 0 Å². The number of halogens is 2. The maximum atomic E-state index is 13.7. The van der Waals surface area contributed by atoms with Gasteiger partial charge in [-0.05, 0) is 56.6 Å². The number of amides is 4. The van der Waals surface area contributed by atoms with Gasteiger partial charge in [0.1, 0.15) is 0 Å². The van der Waals surface area contributed by atoms with Gasteiger partial charge in [0.2, 0.25) is 0 Å². The molecule has 0 atom stereocenters. The zero-order valence-electron chi connectivity index (χ0n) is 27.0. The minimum atomic E-state index is -0.259. The molecule has 2 aliphatic rings. The van der Waals surface area contributed by atoms with Crippen molar-refractivity contribution >= 4 is 66.7 Å². The highest BCUT2D eigenvalue weighted by Gasteiger charge is 2.37. The molecular weight excluding hydrogens is 806 g/mol. The summed E-state index contributed by atoms with van der Waals surface area (Å²) < 4.78 is 1.52. The SMILES string of the molecule is C[N+](C)(C)CCCN1C(=O)c2ccc3c4ccc5c6c(ccc(c7ccc(c2c37)C1=O)c64)C(=O)N(CCC[N+](C)(C)C)C5=O.[I-].[I-]. The van der Waals surface area contributed by atoms with Crippen LogP contribution in [-0.4, -0.2) is 111 Å². The van der Waals surface area contributed by atoms with Crippen molar-refractivity contribution in [1.29, 1.82) is 0 Å². The van der Waals surface area contributed by atoms with Crippen LogP contribution in [0.2, 0.25) is 0 Å². The topological polar surface area (TPSA) is 74.8 Å². The summed E-state index contributed by atoms with van der Waals surface area (Å²) in [5.74, 6) is -1.04. The van der Waals surface area contributed by atoms with Crippen molar-refractivity contribution in [3.63, 3.8) is 0 Å². The van der Waals surface area contributed by atoms with Gasteiger partial charge < -0.3 is 56.9 Å². The molecule has 0 N–H and O–H groups in total. The van der Waals surface area contributed by atoms with Gasteiger partial charge in [-0.1, -0.05) is 24.3 Å². The van der Waals surface area contributed by atoms with Crippen LogP contribution in [0.5, 0.6) is 0 Å². The first-order valence-corrected chi connectivity index (χ1v) is 15.3. The molecule has 0 saturated carbocycles. The third-order valence-corrected chi connectivity index (χ3v) is 9.23. The molecule has 7 rings (SSSR count). The minimum absolute atomic E-state index is 0. The molecule has 5 aromatic rings. The van der Waals surface area contributed by atoms with E-state index in [4.69, 9.17) is 0 Å². The molecule has 0 aliphatic carbocycles. The Balaban J connectivity index is 0.00000208. The van der Waals surface area contributed by atoms with Gasteiger partial charge in [-0.15, -0.1) is 0 Å². The molecular formula is C36H38I2N4O4. The van der Waals surface area contributed by atoms with Crippen molar-refractivity contribution in [3.8, 4) is 0 Å². The first kappa shape index (κ1) is 34.4. The Kier molecular flexibility index (Phi) is 8.93. The molecule has 2 heterocycles. The second-order valence-electron chi connectivity index (χ2n) is 14.4. The van der Waals surface area contributed by atoms with Crippen molar-refractivity contribution < 1.29 is 76.1 Å². The summed E-state index contributed by atoms with van der Waals surface area (Å²) in [6.45, 7) is 2.45. The smallest absolute Gasteiger partial charge is 0.261 e. The van der Waals surface area contributed by atoms with Gasteiger partial charge >= 0.3 is 0 Å². The predicted molar refractivity (Wildman–Crippen MR) is 173 cm³/mol. The molecule has 0 saturated heterocycles. The highest BCUT2D eigenvalue weighted by molar-refractivity contribution is 6.41. The van der Waals surface area contributed by atoms with Gasteiger partial charge in [0.05, 0.1) is 55.4 Å². The molecule has 0 aromatic heterocycles. The predicted octanol–water partition coefficient (Wildman–Crippen LogP) is -0.870. The summed E-state index contributed by atoms with van der Waals surface area (Å²) in [6, 6.07) is 15.2. The average Bonchev–Trinajstić information content (AvgIpc) is 2.96. The summed E-state index contributed by atoms with van der Waals surface area (Å²) in [5.41, 5.74) is 2.15. The lowest BCUT2D eigenvalue weighted by Crippen LogP contribution is -3.00. The zero-order chi connectivity index (χ0) is 31.3. The highest BCUT2D eigenvalue weighted by atomic mass is 127. The zero-order valence-corrected chi connectivity index (χ0v) is 31.4. The van der Waals surface area contributed by atoms with Crippen molar-refractivity contribution in [3.05, 3.63) is 70.8 Å². The summed E-state index contributed by atoms with van der Waals surface area (Å²) in [6.07, 6.45) is 1.45. The molecule has 4 amide bonds. The standard InChI is InChI=1S/C36H38N4O4.2HI/c1-39(2,3)19-7-17-37-33(41)25-13-9-21-23-11-15-27-32-28(36(44)38(35(27)43)18-8-20-40(4,5)6)16-12-24(30(23)32)22-10-14-26(34(37)42)31(25)29(21)22;;/h9-16H,7-8,17-20H2,1-6H3;2*1H/q+2;;/p-2. The average molecular weight is 845 g/mol. The number of nitrogens with zero attached hydrogens (tertiary/aromatic N) is 4. The minimum Gasteiger partial charge on any atom is -1.00 e. The molecule has 0 fully saturated rings. The summed E-state index contributed by atoms with van der Waals surface area (Å²) in [4.78, 5) is 57.7. The Labute approximate surface area is 302 Å². The van der Waals surface area contributed by atoms with Crippen LogP contribution in [-0.2, 0) is 0 Å². The van der Waals surface area contributed by atoms with E-state index in [0.717, 1.165) is 67.2 Å². The lowest BCUT2D eigenvalue weighted by molar-refractivity contribution is -0.870. The number of carbonyl (C=O) groups excluding carboxylic acids is 4. The van der Waals surface area contributed by atoms with Crippen LogP contribution >= 0.6 is 0 Å². The van der Waals surface area contributed by atoms with Crippen LogP contribution in [0, 0.1) is 0 Å². The number of hydrogen-bond donors (Lipinski definition) is 0. The molecule has 46 heavy (non-hydrogen) atoms. The summed E-state index contributed by atoms with van der Waals surface area (Å²) >= 11 is 0. The van der Waals surface area contributed by atoms with Gasteiger partial charge in [0, 0.05) is 59.0 Å². The Morgan fingerprint density at radius 3 is 0.935 bits per heavy atom. The van der Waals surface area contributed by atoms with Crippen LogP contribution in [0.25, 0.3) is 43.1 Å². The molecule has 0 spiro atoms. The number of carbonyl (C=O) groups is 4. The number of benzene rings is 5. The normalized spacial score (nSPS) is 15.0. The number of imide groups is 2. The molecule has 5 aromatic carbocycles. The Hall–Kier alpha value is -2.94. The lowest BCUT2D eigenvalue weighted by atomic mass is 9.82. The monoisotopic (exact) mass is 844 g/mol. The van der Waals surface area contributed by atoms with E-state index in [1.807, 2.05) is 48.5 Å². The molecule has 8 nitrogen and oxygen atoms in total. The van der Waals surface area contributed by atoms with E-state index in [9.17, 15) is 19.2 Å². The Bertz CT molecular complexity index is 1830. The fraction of sp³-hybridized carbons (Fsp3) is 0.333. The molecule has 240 valence electrons. The van der Waals surface area contributed by atoms with Gasteiger partial charge in [0.25, 0.3) is 23.6 Å². The quantitative estimate of drug-likeness (QED) is 0.0671. The molecule has 0 unspecified atom stereocenters. The second kappa shape index (κ2) is 11.9. The van der Waals surface area contributed by atoms with E-state index >= 15 is 0 Å². The van der Waals surface area contributed by atoms with Crippen molar-refractivity contribution in [1.82, 2.24) is 9.80 Å². The molecule has 0 radical (unpaired) electrons. The van der Waals surface area contributed by atoms with E-state index < -0.39 is 0 Å². The number of rotatable bonds is 8. The van der Waals surface area contributed by atoms with Crippen LogP contribution in [0.1, 0.15) is 54.3 Å². The molecule has 0 bridgehead atoms. The van der Waals surface area contributed by atoms with Crippen molar-refractivity contribution in [2.24, 2.45) is 0 Å². The summed E-state index contributed by atoms with van der Waals surface area (Å²) in [7, 11) is 12.6. The Morgan fingerprint density at radius 2 is 0.696 bits per heavy atom.